The van der Waals surface area contributed by atoms with E-state index < -0.39 is 11.4 Å². The van der Waals surface area contributed by atoms with E-state index in [0.29, 0.717) is 18.0 Å². The zero-order valence-corrected chi connectivity index (χ0v) is 13.2. The third kappa shape index (κ3) is 3.00. The number of carboxylic acids is 1. The summed E-state index contributed by atoms with van der Waals surface area (Å²) in [6.07, 6.45) is 3.98. The minimum atomic E-state index is -1.14. The van der Waals surface area contributed by atoms with Crippen molar-refractivity contribution in [1.82, 2.24) is 15.0 Å². The van der Waals surface area contributed by atoms with Gasteiger partial charge in [0.1, 0.15) is 0 Å². The Hall–Kier alpha value is -2.74. The second kappa shape index (κ2) is 6.40. The second-order valence-corrected chi connectivity index (χ2v) is 5.92. The van der Waals surface area contributed by atoms with Crippen LogP contribution in [0.2, 0.25) is 0 Å². The molecule has 8 heteroatoms. The number of aromatic nitrogens is 3. The number of benzene rings is 1. The smallest absolute Gasteiger partial charge is 0.358 e. The standard InChI is InChI=1S/C16H18N4O4/c1-24-10-16(6-3-7-16)15(23)17-11-4-2-5-12(8-11)20-9-13(14(21)22)18-19-20/h2,4-5,8-9H,3,6-7,10H2,1H3,(H,17,23)(H,21,22). The summed E-state index contributed by atoms with van der Waals surface area (Å²) in [6, 6.07) is 7.01. The van der Waals surface area contributed by atoms with Crippen LogP contribution in [0.3, 0.4) is 0 Å². The summed E-state index contributed by atoms with van der Waals surface area (Å²) in [5.41, 5.74) is 0.640. The lowest BCUT2D eigenvalue weighted by Gasteiger charge is -2.39. The van der Waals surface area contributed by atoms with Gasteiger partial charge in [-0.15, -0.1) is 5.10 Å². The molecule has 1 fully saturated rings. The number of rotatable bonds is 6. The first-order chi connectivity index (χ1) is 11.5. The Labute approximate surface area is 138 Å². The van der Waals surface area contributed by atoms with Crippen molar-refractivity contribution in [3.05, 3.63) is 36.2 Å². The molecule has 0 unspecified atom stereocenters. The summed E-state index contributed by atoms with van der Waals surface area (Å²) < 4.78 is 6.54. The first kappa shape index (κ1) is 16.1. The van der Waals surface area contributed by atoms with Gasteiger partial charge < -0.3 is 15.2 Å². The molecule has 24 heavy (non-hydrogen) atoms. The Morgan fingerprint density at radius 3 is 2.79 bits per heavy atom. The zero-order valence-electron chi connectivity index (χ0n) is 13.2. The molecule has 2 N–H and O–H groups in total. The van der Waals surface area contributed by atoms with Crippen LogP contribution in [-0.2, 0) is 9.53 Å². The van der Waals surface area contributed by atoms with Crippen molar-refractivity contribution >= 4 is 17.6 Å². The number of methoxy groups -OCH3 is 1. The molecule has 1 heterocycles. The summed E-state index contributed by atoms with van der Waals surface area (Å²) in [5, 5.41) is 19.2. The number of amides is 1. The van der Waals surface area contributed by atoms with Gasteiger partial charge in [-0.05, 0) is 31.0 Å². The van der Waals surface area contributed by atoms with Crippen molar-refractivity contribution in [2.24, 2.45) is 5.41 Å². The van der Waals surface area contributed by atoms with E-state index in [-0.39, 0.29) is 11.6 Å². The number of ether oxygens (including phenoxy) is 1. The third-order valence-electron chi connectivity index (χ3n) is 4.29. The van der Waals surface area contributed by atoms with Gasteiger partial charge in [-0.1, -0.05) is 17.7 Å². The highest BCUT2D eigenvalue weighted by atomic mass is 16.5. The number of nitrogens with one attached hydrogen (secondary N) is 1. The average molecular weight is 330 g/mol. The molecule has 0 radical (unpaired) electrons. The topological polar surface area (TPSA) is 106 Å². The number of aromatic carboxylic acids is 1. The summed E-state index contributed by atoms with van der Waals surface area (Å²) in [4.78, 5) is 23.4. The molecule has 1 aromatic heterocycles. The molecule has 0 bridgehead atoms. The van der Waals surface area contributed by atoms with Crippen LogP contribution in [0, 0.1) is 5.41 Å². The SMILES string of the molecule is COCC1(C(=O)Nc2cccc(-n3cc(C(=O)O)nn3)c2)CCC1. The number of carboxylic acid groups (broad SMARTS) is 1. The van der Waals surface area contributed by atoms with Crippen LogP contribution in [0.25, 0.3) is 5.69 Å². The molecule has 126 valence electrons. The van der Waals surface area contributed by atoms with Gasteiger partial charge in [0.15, 0.2) is 5.69 Å². The van der Waals surface area contributed by atoms with Crippen molar-refractivity contribution in [3.8, 4) is 5.69 Å². The largest absolute Gasteiger partial charge is 0.476 e. The fourth-order valence-corrected chi connectivity index (χ4v) is 2.79. The number of hydrogen-bond acceptors (Lipinski definition) is 5. The van der Waals surface area contributed by atoms with Gasteiger partial charge in [-0.3, -0.25) is 4.79 Å². The van der Waals surface area contributed by atoms with Gasteiger partial charge in [0, 0.05) is 12.8 Å². The van der Waals surface area contributed by atoms with Crippen LogP contribution in [0.1, 0.15) is 29.8 Å². The highest BCUT2D eigenvalue weighted by Gasteiger charge is 2.44. The number of carbonyl (C=O) groups is 2. The average Bonchev–Trinajstić information content (AvgIpc) is 3.01. The summed E-state index contributed by atoms with van der Waals surface area (Å²) in [5.74, 6) is -1.20. The first-order valence-corrected chi connectivity index (χ1v) is 7.60. The molecule has 8 nitrogen and oxygen atoms in total. The Morgan fingerprint density at radius 2 is 2.21 bits per heavy atom. The monoisotopic (exact) mass is 330 g/mol. The molecule has 0 atom stereocenters. The molecule has 0 spiro atoms. The van der Waals surface area contributed by atoms with E-state index in [0.717, 1.165) is 19.3 Å². The lowest BCUT2D eigenvalue weighted by atomic mass is 9.68. The minimum absolute atomic E-state index is 0.0578. The van der Waals surface area contributed by atoms with E-state index in [1.54, 1.807) is 31.4 Å². The van der Waals surface area contributed by atoms with Gasteiger partial charge >= 0.3 is 5.97 Å². The predicted molar refractivity (Wildman–Crippen MR) is 85.1 cm³/mol. The fourth-order valence-electron chi connectivity index (χ4n) is 2.79. The second-order valence-electron chi connectivity index (χ2n) is 5.92. The molecule has 1 saturated carbocycles. The molecule has 1 aliphatic rings. The minimum Gasteiger partial charge on any atom is -0.476 e. The molecule has 3 rings (SSSR count). The normalized spacial score (nSPS) is 15.5. The van der Waals surface area contributed by atoms with Crippen LogP contribution in [-0.4, -0.2) is 45.7 Å². The quantitative estimate of drug-likeness (QED) is 0.835. The predicted octanol–water partition coefficient (Wildman–Crippen LogP) is 1.72. The Balaban J connectivity index is 1.77. The molecule has 1 aliphatic carbocycles. The maximum absolute atomic E-state index is 12.5. The Morgan fingerprint density at radius 1 is 1.42 bits per heavy atom. The maximum atomic E-state index is 12.5. The third-order valence-corrected chi connectivity index (χ3v) is 4.29. The van der Waals surface area contributed by atoms with E-state index in [1.807, 2.05) is 0 Å². The van der Waals surface area contributed by atoms with Crippen molar-refractivity contribution in [2.45, 2.75) is 19.3 Å². The first-order valence-electron chi connectivity index (χ1n) is 7.60. The van der Waals surface area contributed by atoms with Crippen LogP contribution < -0.4 is 5.32 Å². The Bertz CT molecular complexity index is 767. The van der Waals surface area contributed by atoms with E-state index in [2.05, 4.69) is 15.6 Å². The molecule has 1 amide bonds. The van der Waals surface area contributed by atoms with Gasteiger partial charge in [-0.25, -0.2) is 9.48 Å². The van der Waals surface area contributed by atoms with E-state index in [4.69, 9.17) is 9.84 Å². The van der Waals surface area contributed by atoms with Crippen LogP contribution in [0.4, 0.5) is 5.69 Å². The number of nitrogens with zero attached hydrogens (tertiary/aromatic N) is 3. The zero-order chi connectivity index (χ0) is 17.2. The number of anilines is 1. The summed E-state index contributed by atoms with van der Waals surface area (Å²) >= 11 is 0. The highest BCUT2D eigenvalue weighted by Crippen LogP contribution is 2.42. The van der Waals surface area contributed by atoms with Gasteiger partial charge in [0.2, 0.25) is 5.91 Å². The number of hydrogen-bond donors (Lipinski definition) is 2. The van der Waals surface area contributed by atoms with Crippen molar-refractivity contribution in [3.63, 3.8) is 0 Å². The maximum Gasteiger partial charge on any atom is 0.358 e. The molecular weight excluding hydrogens is 312 g/mol. The van der Waals surface area contributed by atoms with Crippen molar-refractivity contribution in [2.75, 3.05) is 19.0 Å². The lowest BCUT2D eigenvalue weighted by Crippen LogP contribution is -2.45. The van der Waals surface area contributed by atoms with Crippen LogP contribution in [0.5, 0.6) is 0 Å². The van der Waals surface area contributed by atoms with Crippen LogP contribution >= 0.6 is 0 Å². The van der Waals surface area contributed by atoms with Crippen molar-refractivity contribution in [1.29, 1.82) is 0 Å². The summed E-state index contributed by atoms with van der Waals surface area (Å²) in [6.45, 7) is 0.406. The number of carbonyl (C=O) groups excluding carboxylic acids is 1. The van der Waals surface area contributed by atoms with Crippen molar-refractivity contribution < 1.29 is 19.4 Å². The Kier molecular flexibility index (Phi) is 4.30. The molecule has 1 aromatic carbocycles. The molecule has 0 saturated heterocycles. The van der Waals surface area contributed by atoms with Gasteiger partial charge in [0.25, 0.3) is 0 Å². The van der Waals surface area contributed by atoms with E-state index in [9.17, 15) is 9.59 Å². The molecule has 0 aliphatic heterocycles. The summed E-state index contributed by atoms with van der Waals surface area (Å²) in [7, 11) is 1.60. The molecular formula is C16H18N4O4. The fraction of sp³-hybridized carbons (Fsp3) is 0.375. The van der Waals surface area contributed by atoms with E-state index in [1.165, 1.54) is 10.9 Å². The van der Waals surface area contributed by atoms with Gasteiger partial charge in [-0.2, -0.15) is 0 Å². The van der Waals surface area contributed by atoms with E-state index >= 15 is 0 Å². The van der Waals surface area contributed by atoms with Crippen LogP contribution in [0.15, 0.2) is 30.5 Å². The highest BCUT2D eigenvalue weighted by molar-refractivity contribution is 5.96. The van der Waals surface area contributed by atoms with Gasteiger partial charge in [0.05, 0.1) is 23.9 Å². The molecule has 2 aromatic rings. The lowest BCUT2D eigenvalue weighted by molar-refractivity contribution is -0.134.